The molecule has 0 bridgehead atoms. The third kappa shape index (κ3) is 2.99. The Morgan fingerprint density at radius 1 is 1.38 bits per heavy atom. The summed E-state index contributed by atoms with van der Waals surface area (Å²) in [5, 5.41) is 8.10. The van der Waals surface area contributed by atoms with Crippen LogP contribution >= 0.6 is 15.9 Å². The molecule has 2 rings (SSSR count). The number of nitrogens with one attached hydrogen (secondary N) is 1. The first-order valence-corrected chi connectivity index (χ1v) is 7.92. The van der Waals surface area contributed by atoms with Crippen LogP contribution in [0.3, 0.4) is 0 Å². The Kier molecular flexibility index (Phi) is 5.06. The molecule has 0 saturated heterocycles. The molecule has 0 aliphatic carbocycles. The number of aryl methyl sites for hydroxylation is 1. The third-order valence-electron chi connectivity index (χ3n) is 3.64. The number of benzene rings is 1. The van der Waals surface area contributed by atoms with Crippen LogP contribution in [-0.4, -0.2) is 23.4 Å². The van der Waals surface area contributed by atoms with Crippen molar-refractivity contribution in [1.29, 1.82) is 0 Å². The van der Waals surface area contributed by atoms with Gasteiger partial charge in [-0.3, -0.25) is 0 Å². The Morgan fingerprint density at radius 2 is 2.10 bits per heavy atom. The highest BCUT2D eigenvalue weighted by Crippen LogP contribution is 2.33. The van der Waals surface area contributed by atoms with Gasteiger partial charge in [0.1, 0.15) is 5.75 Å². The van der Waals surface area contributed by atoms with Gasteiger partial charge >= 0.3 is 0 Å². The first kappa shape index (κ1) is 16.0. The molecule has 2 aromatic rings. The zero-order valence-electron chi connectivity index (χ0n) is 13.2. The first-order chi connectivity index (χ1) is 10.0. The molecule has 0 aliphatic rings. The monoisotopic (exact) mass is 351 g/mol. The molecule has 5 heteroatoms. The Labute approximate surface area is 134 Å². The summed E-state index contributed by atoms with van der Waals surface area (Å²) in [6, 6.07) is 6.26. The third-order valence-corrected chi connectivity index (χ3v) is 4.79. The van der Waals surface area contributed by atoms with E-state index in [0.29, 0.717) is 0 Å². The molecule has 0 radical (unpaired) electrons. The summed E-state index contributed by atoms with van der Waals surface area (Å²) in [5.74, 6) is 0.879. The Hall–Kier alpha value is -1.33. The number of hydrogen-bond donors (Lipinski definition) is 1. The largest absolute Gasteiger partial charge is 0.496 e. The second kappa shape index (κ2) is 6.62. The molecule has 1 heterocycles. The van der Waals surface area contributed by atoms with Gasteiger partial charge < -0.3 is 10.1 Å². The number of aromatic nitrogens is 2. The molecule has 1 aromatic carbocycles. The molecular formula is C16H22BrN3O. The van der Waals surface area contributed by atoms with Gasteiger partial charge in [0.15, 0.2) is 0 Å². The van der Waals surface area contributed by atoms with Gasteiger partial charge in [-0.2, -0.15) is 5.10 Å². The highest BCUT2D eigenvalue weighted by Gasteiger charge is 2.19. The molecule has 0 spiro atoms. The van der Waals surface area contributed by atoms with Crippen LogP contribution in [0.5, 0.6) is 5.75 Å². The summed E-state index contributed by atoms with van der Waals surface area (Å²) >= 11 is 3.59. The van der Waals surface area contributed by atoms with E-state index < -0.39 is 0 Å². The van der Waals surface area contributed by atoms with Crippen LogP contribution in [-0.2, 0) is 0 Å². The molecule has 0 fully saturated rings. The Morgan fingerprint density at radius 3 is 2.62 bits per heavy atom. The van der Waals surface area contributed by atoms with E-state index >= 15 is 0 Å². The minimum atomic E-state index is 0.184. The van der Waals surface area contributed by atoms with Crippen molar-refractivity contribution in [3.05, 3.63) is 39.6 Å². The minimum Gasteiger partial charge on any atom is -0.496 e. The lowest BCUT2D eigenvalue weighted by Gasteiger charge is -2.21. The van der Waals surface area contributed by atoms with E-state index in [4.69, 9.17) is 4.74 Å². The van der Waals surface area contributed by atoms with Crippen molar-refractivity contribution in [2.24, 2.45) is 0 Å². The highest BCUT2D eigenvalue weighted by atomic mass is 79.9. The van der Waals surface area contributed by atoms with Crippen LogP contribution in [0.25, 0.3) is 5.69 Å². The van der Waals surface area contributed by atoms with E-state index in [1.54, 1.807) is 7.11 Å². The molecule has 4 nitrogen and oxygen atoms in total. The molecule has 21 heavy (non-hydrogen) atoms. The quantitative estimate of drug-likeness (QED) is 0.886. The van der Waals surface area contributed by atoms with Gasteiger partial charge in [0.25, 0.3) is 0 Å². The first-order valence-electron chi connectivity index (χ1n) is 7.13. The van der Waals surface area contributed by atoms with Crippen LogP contribution < -0.4 is 10.1 Å². The normalized spacial score (nSPS) is 12.5. The molecule has 1 unspecified atom stereocenters. The molecule has 0 amide bonds. The molecule has 114 valence electrons. The summed E-state index contributed by atoms with van der Waals surface area (Å²) in [6.07, 6.45) is 0. The average molecular weight is 352 g/mol. The predicted octanol–water partition coefficient (Wildman–Crippen LogP) is 3.93. The Balaban J connectivity index is 2.65. The number of methoxy groups -OCH3 is 1. The summed E-state index contributed by atoms with van der Waals surface area (Å²) in [5.41, 5.74) is 4.25. The van der Waals surface area contributed by atoms with E-state index in [9.17, 15) is 0 Å². The standard InChI is InChI=1S/C16H22BrN3O/c1-6-18-10(2)15-13(8-7-9-14(15)21-5)20-12(4)16(17)11(3)19-20/h7-10,18H,6H2,1-5H3. The number of rotatable bonds is 5. The van der Waals surface area contributed by atoms with Crippen molar-refractivity contribution in [3.63, 3.8) is 0 Å². The molecule has 1 aromatic heterocycles. The lowest BCUT2D eigenvalue weighted by atomic mass is 10.0. The van der Waals surface area contributed by atoms with Gasteiger partial charge in [-0.15, -0.1) is 0 Å². The van der Waals surface area contributed by atoms with Gasteiger partial charge in [-0.05, 0) is 55.4 Å². The minimum absolute atomic E-state index is 0.184. The van der Waals surface area contributed by atoms with Gasteiger partial charge in [-0.25, -0.2) is 4.68 Å². The number of halogens is 1. The molecule has 0 aliphatic heterocycles. The predicted molar refractivity (Wildman–Crippen MR) is 89.4 cm³/mol. The van der Waals surface area contributed by atoms with Crippen LogP contribution in [0, 0.1) is 13.8 Å². The van der Waals surface area contributed by atoms with E-state index in [-0.39, 0.29) is 6.04 Å². The van der Waals surface area contributed by atoms with E-state index in [0.717, 1.165) is 39.4 Å². The van der Waals surface area contributed by atoms with Crippen LogP contribution in [0.2, 0.25) is 0 Å². The Bertz CT molecular complexity index is 637. The van der Waals surface area contributed by atoms with Crippen LogP contribution in [0.4, 0.5) is 0 Å². The number of ether oxygens (including phenoxy) is 1. The number of nitrogens with zero attached hydrogens (tertiary/aromatic N) is 2. The van der Waals surface area contributed by atoms with Gasteiger partial charge in [0.05, 0.1) is 28.7 Å². The second-order valence-electron chi connectivity index (χ2n) is 5.07. The van der Waals surface area contributed by atoms with Crippen molar-refractivity contribution in [2.45, 2.75) is 33.7 Å². The smallest absolute Gasteiger partial charge is 0.125 e. The average Bonchev–Trinajstić information content (AvgIpc) is 2.74. The number of hydrogen-bond acceptors (Lipinski definition) is 3. The molecular weight excluding hydrogens is 330 g/mol. The van der Waals surface area contributed by atoms with Crippen molar-refractivity contribution in [3.8, 4) is 11.4 Å². The summed E-state index contributed by atoms with van der Waals surface area (Å²) in [4.78, 5) is 0. The van der Waals surface area contributed by atoms with Crippen LogP contribution in [0.15, 0.2) is 22.7 Å². The van der Waals surface area contributed by atoms with Crippen molar-refractivity contribution in [1.82, 2.24) is 15.1 Å². The van der Waals surface area contributed by atoms with Crippen molar-refractivity contribution in [2.75, 3.05) is 13.7 Å². The maximum Gasteiger partial charge on any atom is 0.125 e. The molecule has 0 saturated carbocycles. The van der Waals surface area contributed by atoms with Gasteiger partial charge in [0, 0.05) is 11.6 Å². The fourth-order valence-corrected chi connectivity index (χ4v) is 2.84. The second-order valence-corrected chi connectivity index (χ2v) is 5.86. The van der Waals surface area contributed by atoms with Crippen molar-refractivity contribution < 1.29 is 4.74 Å². The zero-order valence-corrected chi connectivity index (χ0v) is 14.8. The van der Waals surface area contributed by atoms with Crippen LogP contribution in [0.1, 0.15) is 36.8 Å². The fraction of sp³-hybridized carbons (Fsp3) is 0.438. The lowest BCUT2D eigenvalue weighted by Crippen LogP contribution is -2.20. The topological polar surface area (TPSA) is 39.1 Å². The lowest BCUT2D eigenvalue weighted by molar-refractivity contribution is 0.401. The van der Waals surface area contributed by atoms with Crippen molar-refractivity contribution >= 4 is 15.9 Å². The van der Waals surface area contributed by atoms with Gasteiger partial charge in [0.2, 0.25) is 0 Å². The maximum absolute atomic E-state index is 5.56. The maximum atomic E-state index is 5.56. The summed E-state index contributed by atoms with van der Waals surface area (Å²) in [6.45, 7) is 9.21. The van der Waals surface area contributed by atoms with E-state index in [1.807, 2.05) is 23.7 Å². The van der Waals surface area contributed by atoms with E-state index in [2.05, 4.69) is 53.2 Å². The summed E-state index contributed by atoms with van der Waals surface area (Å²) in [7, 11) is 1.71. The summed E-state index contributed by atoms with van der Waals surface area (Å²) < 4.78 is 8.58. The fourth-order valence-electron chi connectivity index (χ4n) is 2.60. The van der Waals surface area contributed by atoms with E-state index in [1.165, 1.54) is 0 Å². The SMILES string of the molecule is CCNC(C)c1c(OC)cccc1-n1nc(C)c(Br)c1C. The molecule has 1 N–H and O–H groups in total. The zero-order chi connectivity index (χ0) is 15.6. The highest BCUT2D eigenvalue weighted by molar-refractivity contribution is 9.10. The van der Waals surface area contributed by atoms with Gasteiger partial charge in [-0.1, -0.05) is 13.0 Å². The molecule has 1 atom stereocenters.